The van der Waals surface area contributed by atoms with Gasteiger partial charge < -0.3 is 19.4 Å². The van der Waals surface area contributed by atoms with Gasteiger partial charge in [-0.2, -0.15) is 0 Å². The predicted octanol–water partition coefficient (Wildman–Crippen LogP) is 2.37. The summed E-state index contributed by atoms with van der Waals surface area (Å²) in [7, 11) is 1.64. The summed E-state index contributed by atoms with van der Waals surface area (Å²) in [6, 6.07) is 6.82. The lowest BCUT2D eigenvalue weighted by Crippen LogP contribution is -2.29. The van der Waals surface area contributed by atoms with Crippen LogP contribution in [0.25, 0.3) is 0 Å². The molecule has 1 atom stereocenters. The van der Waals surface area contributed by atoms with Gasteiger partial charge in [0.15, 0.2) is 5.82 Å². The minimum atomic E-state index is -0.305. The van der Waals surface area contributed by atoms with Gasteiger partial charge in [-0.3, -0.25) is 4.79 Å². The van der Waals surface area contributed by atoms with E-state index in [1.807, 2.05) is 24.5 Å². The Morgan fingerprint density at radius 2 is 2.16 bits per heavy atom. The summed E-state index contributed by atoms with van der Waals surface area (Å²) in [5.41, 5.74) is 1.35. The van der Waals surface area contributed by atoms with Crippen LogP contribution in [-0.2, 0) is 11.3 Å². The molecule has 0 bridgehead atoms. The zero-order valence-electron chi connectivity index (χ0n) is 14.9. The number of nitrogens with zero attached hydrogens (tertiary/aromatic N) is 3. The van der Waals surface area contributed by atoms with E-state index in [1.165, 1.54) is 0 Å². The van der Waals surface area contributed by atoms with Gasteiger partial charge >= 0.3 is 0 Å². The topological polar surface area (TPSA) is 78.3 Å². The van der Waals surface area contributed by atoms with E-state index in [9.17, 15) is 4.79 Å². The number of methoxy groups -OCH3 is 1. The van der Waals surface area contributed by atoms with E-state index >= 15 is 0 Å². The third-order valence-electron chi connectivity index (χ3n) is 3.52. The smallest absolute Gasteiger partial charge is 0.255 e. The Morgan fingerprint density at radius 3 is 2.88 bits per heavy atom. The van der Waals surface area contributed by atoms with Gasteiger partial charge in [0.2, 0.25) is 0 Å². The molecule has 0 aliphatic heterocycles. The number of carbonyl (C=O) groups is 1. The molecular formula is C18H24N4O3. The highest BCUT2D eigenvalue weighted by molar-refractivity contribution is 5.97. The molecule has 7 nitrogen and oxygen atoms in total. The van der Waals surface area contributed by atoms with Crippen molar-refractivity contribution in [2.24, 2.45) is 0 Å². The van der Waals surface area contributed by atoms with Crippen molar-refractivity contribution in [1.29, 1.82) is 0 Å². The van der Waals surface area contributed by atoms with E-state index in [2.05, 4.69) is 22.1 Å². The monoisotopic (exact) mass is 344 g/mol. The number of para-hydroxylation sites is 1. The summed E-state index contributed by atoms with van der Waals surface area (Å²) < 4.78 is 12.6. The first-order valence-corrected chi connectivity index (χ1v) is 8.06. The van der Waals surface area contributed by atoms with Crippen LogP contribution >= 0.6 is 0 Å². The minimum absolute atomic E-state index is 0.230. The highest BCUT2D eigenvalue weighted by Gasteiger charge is 2.19. The standard InChI is InChI=1S/C18H24N4O3/c1-13(2)11-25-16-8-6-5-7-15(16)18(23)20-14(3)17-21-19-12-22(17)9-10-24-4/h5-8,12,14H,1,9-11H2,2-4H3,(H,20,23)/t14-/m1/s1. The van der Waals surface area contributed by atoms with Crippen LogP contribution in [0.15, 0.2) is 42.7 Å². The first-order valence-electron chi connectivity index (χ1n) is 8.06. The second-order valence-electron chi connectivity index (χ2n) is 5.81. The number of ether oxygens (including phenoxy) is 2. The van der Waals surface area contributed by atoms with Gasteiger partial charge in [-0.15, -0.1) is 10.2 Å². The van der Waals surface area contributed by atoms with E-state index in [1.54, 1.807) is 31.6 Å². The van der Waals surface area contributed by atoms with Crippen LogP contribution < -0.4 is 10.1 Å². The Labute approximate surface area is 147 Å². The number of nitrogens with one attached hydrogen (secondary N) is 1. The zero-order valence-corrected chi connectivity index (χ0v) is 14.9. The Bertz CT molecular complexity index is 727. The Balaban J connectivity index is 2.09. The fourth-order valence-electron chi connectivity index (χ4n) is 2.28. The fourth-order valence-corrected chi connectivity index (χ4v) is 2.28. The van der Waals surface area contributed by atoms with Crippen molar-refractivity contribution >= 4 is 5.91 Å². The summed E-state index contributed by atoms with van der Waals surface area (Å²) in [5, 5.41) is 10.9. The third kappa shape index (κ3) is 5.15. The number of hydrogen-bond acceptors (Lipinski definition) is 5. The van der Waals surface area contributed by atoms with Crippen molar-refractivity contribution in [2.75, 3.05) is 20.3 Å². The van der Waals surface area contributed by atoms with Crippen LogP contribution in [0, 0.1) is 0 Å². The van der Waals surface area contributed by atoms with Crippen LogP contribution in [0.2, 0.25) is 0 Å². The van der Waals surface area contributed by atoms with Crippen LogP contribution in [0.5, 0.6) is 5.75 Å². The molecule has 0 unspecified atom stereocenters. The Kier molecular flexibility index (Phi) is 6.71. The molecule has 0 aliphatic rings. The van der Waals surface area contributed by atoms with Crippen molar-refractivity contribution in [2.45, 2.75) is 26.4 Å². The van der Waals surface area contributed by atoms with Crippen molar-refractivity contribution < 1.29 is 14.3 Å². The van der Waals surface area contributed by atoms with Gasteiger partial charge in [-0.05, 0) is 31.6 Å². The van der Waals surface area contributed by atoms with Gasteiger partial charge in [0.1, 0.15) is 18.7 Å². The van der Waals surface area contributed by atoms with E-state index in [0.29, 0.717) is 36.9 Å². The first kappa shape index (κ1) is 18.7. The van der Waals surface area contributed by atoms with Crippen molar-refractivity contribution in [3.05, 3.63) is 54.1 Å². The molecule has 2 rings (SSSR count). The third-order valence-corrected chi connectivity index (χ3v) is 3.52. The lowest BCUT2D eigenvalue weighted by molar-refractivity contribution is 0.0933. The molecule has 2 aromatic rings. The van der Waals surface area contributed by atoms with E-state index < -0.39 is 0 Å². The first-order chi connectivity index (χ1) is 12.0. The number of hydrogen-bond donors (Lipinski definition) is 1. The number of benzene rings is 1. The highest BCUT2D eigenvalue weighted by Crippen LogP contribution is 2.20. The lowest BCUT2D eigenvalue weighted by atomic mass is 10.1. The van der Waals surface area contributed by atoms with Crippen molar-refractivity contribution in [3.8, 4) is 5.75 Å². The average Bonchev–Trinajstić information content (AvgIpc) is 3.06. The molecule has 0 aliphatic carbocycles. The average molecular weight is 344 g/mol. The Morgan fingerprint density at radius 1 is 1.40 bits per heavy atom. The van der Waals surface area contributed by atoms with Gasteiger partial charge in [-0.1, -0.05) is 18.7 Å². The molecule has 1 heterocycles. The molecule has 0 saturated carbocycles. The molecule has 0 saturated heterocycles. The minimum Gasteiger partial charge on any atom is -0.488 e. The zero-order chi connectivity index (χ0) is 18.2. The molecular weight excluding hydrogens is 320 g/mol. The summed E-state index contributed by atoms with van der Waals surface area (Å²) >= 11 is 0. The maximum absolute atomic E-state index is 12.6. The summed E-state index contributed by atoms with van der Waals surface area (Å²) in [5.74, 6) is 0.966. The lowest BCUT2D eigenvalue weighted by Gasteiger charge is -2.16. The van der Waals surface area contributed by atoms with E-state index in [0.717, 1.165) is 5.57 Å². The van der Waals surface area contributed by atoms with Gasteiger partial charge in [-0.25, -0.2) is 0 Å². The molecule has 1 aromatic carbocycles. The number of rotatable bonds is 9. The molecule has 0 spiro atoms. The number of aromatic nitrogens is 3. The maximum atomic E-state index is 12.6. The molecule has 0 fully saturated rings. The summed E-state index contributed by atoms with van der Waals surface area (Å²) in [6.07, 6.45) is 1.63. The normalized spacial score (nSPS) is 11.8. The second kappa shape index (κ2) is 8.98. The van der Waals surface area contributed by atoms with Crippen LogP contribution in [-0.4, -0.2) is 41.0 Å². The number of carbonyl (C=O) groups excluding carboxylic acids is 1. The van der Waals surface area contributed by atoms with Crippen molar-refractivity contribution in [1.82, 2.24) is 20.1 Å². The maximum Gasteiger partial charge on any atom is 0.255 e. The molecule has 134 valence electrons. The van der Waals surface area contributed by atoms with Crippen molar-refractivity contribution in [3.63, 3.8) is 0 Å². The fraction of sp³-hybridized carbons (Fsp3) is 0.389. The molecule has 1 amide bonds. The van der Waals surface area contributed by atoms with Gasteiger partial charge in [0.25, 0.3) is 5.91 Å². The highest BCUT2D eigenvalue weighted by atomic mass is 16.5. The number of amides is 1. The second-order valence-corrected chi connectivity index (χ2v) is 5.81. The molecule has 25 heavy (non-hydrogen) atoms. The van der Waals surface area contributed by atoms with Crippen LogP contribution in [0.4, 0.5) is 0 Å². The molecule has 1 N–H and O–H groups in total. The van der Waals surface area contributed by atoms with Crippen LogP contribution in [0.1, 0.15) is 36.1 Å². The molecule has 0 radical (unpaired) electrons. The van der Waals surface area contributed by atoms with E-state index in [4.69, 9.17) is 9.47 Å². The largest absolute Gasteiger partial charge is 0.488 e. The predicted molar refractivity (Wildman–Crippen MR) is 94.5 cm³/mol. The summed E-state index contributed by atoms with van der Waals surface area (Å²) in [6.45, 7) is 9.08. The molecule has 1 aromatic heterocycles. The quantitative estimate of drug-likeness (QED) is 0.707. The molecule has 7 heteroatoms. The van der Waals surface area contributed by atoms with Crippen LogP contribution in [0.3, 0.4) is 0 Å². The van der Waals surface area contributed by atoms with Gasteiger partial charge in [0, 0.05) is 13.7 Å². The summed E-state index contributed by atoms with van der Waals surface area (Å²) in [4.78, 5) is 12.6. The van der Waals surface area contributed by atoms with Gasteiger partial charge in [0.05, 0.1) is 18.2 Å². The van der Waals surface area contributed by atoms with E-state index in [-0.39, 0.29) is 11.9 Å². The SMILES string of the molecule is C=C(C)COc1ccccc1C(=O)N[C@H](C)c1nncn1CCOC. The Hall–Kier alpha value is -2.67.